The summed E-state index contributed by atoms with van der Waals surface area (Å²) in [5.74, 6) is 1.40. The van der Waals surface area contributed by atoms with Gasteiger partial charge in [-0.3, -0.25) is 9.89 Å². The average Bonchev–Trinajstić information content (AvgIpc) is 3.33. The Morgan fingerprint density at radius 1 is 1.03 bits per heavy atom. The minimum absolute atomic E-state index is 0.148. The first-order chi connectivity index (χ1) is 15.2. The number of H-pyrrole nitrogens is 1. The third-order valence-corrected chi connectivity index (χ3v) is 5.71. The highest BCUT2D eigenvalue weighted by molar-refractivity contribution is 7.98. The zero-order valence-corrected chi connectivity index (χ0v) is 17.9. The summed E-state index contributed by atoms with van der Waals surface area (Å²) in [5.41, 5.74) is 4.65. The Morgan fingerprint density at radius 3 is 2.55 bits per heavy atom. The van der Waals surface area contributed by atoms with E-state index in [-0.39, 0.29) is 5.91 Å². The van der Waals surface area contributed by atoms with Crippen molar-refractivity contribution in [3.63, 3.8) is 0 Å². The maximum atomic E-state index is 12.7. The molecule has 0 aliphatic rings. The van der Waals surface area contributed by atoms with Crippen molar-refractivity contribution < 1.29 is 9.53 Å². The normalized spacial score (nSPS) is 10.6. The minimum Gasteiger partial charge on any atom is -0.496 e. The minimum atomic E-state index is -0.148. The van der Waals surface area contributed by atoms with Crippen LogP contribution in [0.15, 0.2) is 84.3 Å². The number of nitrogens with one attached hydrogen (secondary N) is 2. The first-order valence-corrected chi connectivity index (χ1v) is 10.8. The van der Waals surface area contributed by atoms with Crippen LogP contribution >= 0.6 is 11.8 Å². The zero-order valence-electron chi connectivity index (χ0n) is 17.0. The number of benzene rings is 3. The van der Waals surface area contributed by atoms with Crippen LogP contribution in [0.25, 0.3) is 0 Å². The van der Waals surface area contributed by atoms with Crippen LogP contribution in [0.2, 0.25) is 0 Å². The van der Waals surface area contributed by atoms with Gasteiger partial charge in [0, 0.05) is 29.0 Å². The maximum Gasteiger partial charge on any atom is 0.255 e. The van der Waals surface area contributed by atoms with E-state index in [1.807, 2.05) is 60.7 Å². The van der Waals surface area contributed by atoms with Gasteiger partial charge in [0.05, 0.1) is 7.11 Å². The summed E-state index contributed by atoms with van der Waals surface area (Å²) in [6.45, 7) is 0. The number of anilines is 1. The molecule has 1 amide bonds. The van der Waals surface area contributed by atoms with Crippen LogP contribution in [0.5, 0.6) is 5.75 Å². The Morgan fingerprint density at radius 2 is 1.84 bits per heavy atom. The van der Waals surface area contributed by atoms with Crippen molar-refractivity contribution in [1.82, 2.24) is 15.2 Å². The van der Waals surface area contributed by atoms with Crippen molar-refractivity contribution in [3.8, 4) is 5.75 Å². The van der Waals surface area contributed by atoms with Crippen LogP contribution < -0.4 is 10.1 Å². The summed E-state index contributed by atoms with van der Waals surface area (Å²) in [5, 5.41) is 10.4. The van der Waals surface area contributed by atoms with Crippen molar-refractivity contribution in [2.24, 2.45) is 0 Å². The molecule has 4 aromatic rings. The van der Waals surface area contributed by atoms with Gasteiger partial charge in [-0.15, -0.1) is 0 Å². The molecule has 7 heteroatoms. The van der Waals surface area contributed by atoms with Crippen LogP contribution in [0.3, 0.4) is 0 Å². The van der Waals surface area contributed by atoms with Gasteiger partial charge >= 0.3 is 0 Å². The molecule has 4 rings (SSSR count). The van der Waals surface area contributed by atoms with Crippen molar-refractivity contribution in [2.45, 2.75) is 17.3 Å². The fourth-order valence-electron chi connectivity index (χ4n) is 3.18. The SMILES string of the molecule is COc1ccc(NC(=O)c2ccc(CSc3ncn[nH]3)cc2)cc1Cc1ccccc1. The standard InChI is InChI=1S/C24H22N4O2S/c1-30-22-12-11-21(14-20(22)13-17-5-3-2-4-6-17)27-23(29)19-9-7-18(8-10-19)15-31-24-25-16-26-28-24/h2-12,14,16H,13,15H2,1H3,(H,27,29)(H,25,26,28). The number of hydrogen-bond donors (Lipinski definition) is 2. The van der Waals surface area contributed by atoms with Crippen LogP contribution in [0.1, 0.15) is 27.0 Å². The molecule has 0 aliphatic carbocycles. The third kappa shape index (κ3) is 5.52. The molecule has 0 radical (unpaired) electrons. The number of carbonyl (C=O) groups is 1. The lowest BCUT2D eigenvalue weighted by molar-refractivity contribution is 0.102. The quantitative estimate of drug-likeness (QED) is 0.387. The van der Waals surface area contributed by atoms with Crippen molar-refractivity contribution in [3.05, 3.63) is 101 Å². The topological polar surface area (TPSA) is 79.9 Å². The van der Waals surface area contributed by atoms with Crippen LogP contribution in [-0.4, -0.2) is 28.2 Å². The summed E-state index contributed by atoms with van der Waals surface area (Å²) >= 11 is 1.56. The summed E-state index contributed by atoms with van der Waals surface area (Å²) in [4.78, 5) is 16.8. The molecule has 6 nitrogen and oxygen atoms in total. The Labute approximate surface area is 185 Å². The predicted octanol–water partition coefficient (Wildman–Crippen LogP) is 4.95. The smallest absolute Gasteiger partial charge is 0.255 e. The van der Waals surface area contributed by atoms with E-state index < -0.39 is 0 Å². The van der Waals surface area contributed by atoms with Gasteiger partial charge in [0.25, 0.3) is 5.91 Å². The number of rotatable bonds is 8. The highest BCUT2D eigenvalue weighted by atomic mass is 32.2. The van der Waals surface area contributed by atoms with E-state index in [2.05, 4.69) is 32.6 Å². The lowest BCUT2D eigenvalue weighted by Crippen LogP contribution is -2.12. The van der Waals surface area contributed by atoms with Gasteiger partial charge in [0.1, 0.15) is 12.1 Å². The molecule has 0 aliphatic heterocycles. The van der Waals surface area contributed by atoms with E-state index in [4.69, 9.17) is 4.74 Å². The molecular formula is C24H22N4O2S. The fourth-order valence-corrected chi connectivity index (χ4v) is 3.92. The molecule has 31 heavy (non-hydrogen) atoms. The Balaban J connectivity index is 1.42. The van der Waals surface area contributed by atoms with Gasteiger partial charge in [0.2, 0.25) is 0 Å². The molecule has 156 valence electrons. The summed E-state index contributed by atoms with van der Waals surface area (Å²) in [6, 6.07) is 23.5. The monoisotopic (exact) mass is 430 g/mol. The van der Waals surface area contributed by atoms with E-state index >= 15 is 0 Å². The van der Waals surface area contributed by atoms with E-state index in [0.29, 0.717) is 5.56 Å². The van der Waals surface area contributed by atoms with Gasteiger partial charge in [-0.1, -0.05) is 54.2 Å². The lowest BCUT2D eigenvalue weighted by Gasteiger charge is -2.12. The molecule has 1 heterocycles. The molecule has 1 aromatic heterocycles. The summed E-state index contributed by atoms with van der Waals surface area (Å²) in [7, 11) is 1.66. The highest BCUT2D eigenvalue weighted by Crippen LogP contribution is 2.26. The Bertz CT molecular complexity index is 1130. The highest BCUT2D eigenvalue weighted by Gasteiger charge is 2.10. The van der Waals surface area contributed by atoms with Gasteiger partial charge in [-0.05, 0) is 41.5 Å². The molecule has 0 unspecified atom stereocenters. The number of methoxy groups -OCH3 is 1. The summed E-state index contributed by atoms with van der Waals surface area (Å²) < 4.78 is 5.50. The average molecular weight is 431 g/mol. The number of ether oxygens (including phenoxy) is 1. The molecule has 0 atom stereocenters. The van der Waals surface area contributed by atoms with Gasteiger partial charge in [0.15, 0.2) is 5.16 Å². The van der Waals surface area contributed by atoms with Crippen molar-refractivity contribution >= 4 is 23.4 Å². The molecule has 3 aromatic carbocycles. The first kappa shape index (κ1) is 20.7. The van der Waals surface area contributed by atoms with E-state index in [1.54, 1.807) is 18.9 Å². The number of hydrogen-bond acceptors (Lipinski definition) is 5. The summed E-state index contributed by atoms with van der Waals surface area (Å²) in [6.07, 6.45) is 2.21. The van der Waals surface area contributed by atoms with Crippen molar-refractivity contribution in [2.75, 3.05) is 12.4 Å². The molecule has 0 bridgehead atoms. The van der Waals surface area contributed by atoms with Crippen molar-refractivity contribution in [1.29, 1.82) is 0 Å². The van der Waals surface area contributed by atoms with E-state index in [0.717, 1.165) is 39.9 Å². The van der Waals surface area contributed by atoms with Gasteiger partial charge < -0.3 is 10.1 Å². The van der Waals surface area contributed by atoms with Crippen LogP contribution in [-0.2, 0) is 12.2 Å². The van der Waals surface area contributed by atoms with Crippen LogP contribution in [0.4, 0.5) is 5.69 Å². The number of aromatic nitrogens is 3. The number of nitrogens with zero attached hydrogens (tertiary/aromatic N) is 2. The second-order valence-electron chi connectivity index (χ2n) is 6.92. The molecule has 0 saturated heterocycles. The molecular weight excluding hydrogens is 408 g/mol. The second-order valence-corrected chi connectivity index (χ2v) is 7.88. The Kier molecular flexibility index (Phi) is 6.64. The van der Waals surface area contributed by atoms with E-state index in [1.165, 1.54) is 11.9 Å². The second kappa shape index (κ2) is 9.95. The fraction of sp³-hybridized carbons (Fsp3) is 0.125. The van der Waals surface area contributed by atoms with E-state index in [9.17, 15) is 4.79 Å². The van der Waals surface area contributed by atoms with Gasteiger partial charge in [-0.2, -0.15) is 5.10 Å². The number of thioether (sulfide) groups is 1. The maximum absolute atomic E-state index is 12.7. The Hall–Kier alpha value is -3.58. The molecule has 0 saturated carbocycles. The van der Waals surface area contributed by atoms with Crippen LogP contribution in [0, 0.1) is 0 Å². The first-order valence-electron chi connectivity index (χ1n) is 9.80. The lowest BCUT2D eigenvalue weighted by atomic mass is 10.0. The number of amides is 1. The largest absolute Gasteiger partial charge is 0.496 e. The number of aromatic amines is 1. The predicted molar refractivity (Wildman–Crippen MR) is 123 cm³/mol. The molecule has 2 N–H and O–H groups in total. The molecule has 0 spiro atoms. The number of carbonyl (C=O) groups excluding carboxylic acids is 1. The van der Waals surface area contributed by atoms with Gasteiger partial charge in [-0.25, -0.2) is 4.98 Å². The molecule has 0 fully saturated rings. The third-order valence-electron chi connectivity index (χ3n) is 4.76. The zero-order chi connectivity index (χ0) is 21.5.